The molecule has 1 unspecified atom stereocenters. The van der Waals surface area contributed by atoms with Crippen LogP contribution in [-0.4, -0.2) is 23.4 Å². The van der Waals surface area contributed by atoms with Crippen LogP contribution in [0, 0.1) is 11.3 Å². The van der Waals surface area contributed by atoms with Crippen molar-refractivity contribution in [1.82, 2.24) is 0 Å². The Hall–Kier alpha value is -4.37. The van der Waals surface area contributed by atoms with Crippen LogP contribution in [0.3, 0.4) is 0 Å². The third kappa shape index (κ3) is 4.60. The van der Waals surface area contributed by atoms with Crippen molar-refractivity contribution in [2.24, 2.45) is 0 Å². The van der Waals surface area contributed by atoms with Gasteiger partial charge in [0.1, 0.15) is 11.5 Å². The quantitative estimate of drug-likeness (QED) is 0.280. The first-order chi connectivity index (χ1) is 17.2. The lowest BCUT2D eigenvalue weighted by atomic mass is 9.85. The number of ketones is 1. The van der Waals surface area contributed by atoms with E-state index >= 15 is 0 Å². The molecule has 1 N–H and O–H groups in total. The molecule has 1 atom stereocenters. The van der Waals surface area contributed by atoms with E-state index in [0.29, 0.717) is 34.7 Å². The Morgan fingerprint density at radius 2 is 1.69 bits per heavy atom. The molecule has 0 spiro atoms. The van der Waals surface area contributed by atoms with Crippen LogP contribution in [0.4, 0.5) is 5.69 Å². The van der Waals surface area contributed by atoms with Gasteiger partial charge in [-0.2, -0.15) is 5.26 Å². The minimum atomic E-state index is -0.845. The van der Waals surface area contributed by atoms with E-state index in [1.165, 1.54) is 4.90 Å². The molecular formula is C30H28N2O4. The fraction of sp³-hybridized carbons (Fsp3) is 0.233. The van der Waals surface area contributed by atoms with Crippen molar-refractivity contribution in [2.45, 2.75) is 39.2 Å². The molecule has 4 rings (SSSR count). The molecule has 0 radical (unpaired) electrons. The van der Waals surface area contributed by atoms with E-state index < -0.39 is 17.7 Å². The number of aliphatic hydroxyl groups is 1. The molecule has 0 bridgehead atoms. The lowest BCUT2D eigenvalue weighted by Gasteiger charge is -2.26. The second-order valence-corrected chi connectivity index (χ2v) is 9.66. The van der Waals surface area contributed by atoms with Crippen LogP contribution in [0.5, 0.6) is 5.75 Å². The summed E-state index contributed by atoms with van der Waals surface area (Å²) >= 11 is 0. The highest BCUT2D eigenvalue weighted by Crippen LogP contribution is 2.42. The maximum atomic E-state index is 13.4. The van der Waals surface area contributed by atoms with Crippen molar-refractivity contribution >= 4 is 23.1 Å². The van der Waals surface area contributed by atoms with Gasteiger partial charge in [0.2, 0.25) is 0 Å². The average Bonchev–Trinajstić information content (AvgIpc) is 3.14. The molecule has 1 aliphatic heterocycles. The second kappa shape index (κ2) is 9.71. The third-order valence-electron chi connectivity index (χ3n) is 6.23. The number of carbonyl (C=O) groups is 2. The fourth-order valence-electron chi connectivity index (χ4n) is 4.33. The van der Waals surface area contributed by atoms with Crippen molar-refractivity contribution in [3.05, 3.63) is 101 Å². The zero-order valence-corrected chi connectivity index (χ0v) is 20.8. The van der Waals surface area contributed by atoms with Crippen LogP contribution < -0.4 is 9.64 Å². The largest absolute Gasteiger partial charge is 0.507 e. The van der Waals surface area contributed by atoms with Crippen molar-refractivity contribution in [3.8, 4) is 11.8 Å². The van der Waals surface area contributed by atoms with E-state index in [1.807, 2.05) is 31.2 Å². The van der Waals surface area contributed by atoms with Crippen LogP contribution >= 0.6 is 0 Å². The maximum Gasteiger partial charge on any atom is 0.300 e. The minimum Gasteiger partial charge on any atom is -0.507 e. The number of ether oxygens (including phenoxy) is 1. The Labute approximate surface area is 211 Å². The normalized spacial score (nSPS) is 17.2. The van der Waals surface area contributed by atoms with Crippen LogP contribution in [-0.2, 0) is 15.0 Å². The highest BCUT2D eigenvalue weighted by molar-refractivity contribution is 6.51. The summed E-state index contributed by atoms with van der Waals surface area (Å²) < 4.78 is 5.55. The molecule has 1 fully saturated rings. The standard InChI is InChI=1S/C30H28N2O4/c1-5-36-24-8-6-7-21(17-24)27(33)25-26(20-11-13-22(14-12-20)30(2,3)4)32(29(35)28(25)34)23-15-9-19(18-31)10-16-23/h6-17,26,33H,5H2,1-4H3/b27-25-. The number of nitrogens with zero attached hydrogens (tertiary/aromatic N) is 2. The van der Waals surface area contributed by atoms with E-state index in [0.717, 1.165) is 5.56 Å². The van der Waals surface area contributed by atoms with Crippen LogP contribution in [0.25, 0.3) is 5.76 Å². The number of Topliss-reactive ketones (excluding diaryl/α,β-unsaturated/α-hetero) is 1. The van der Waals surface area contributed by atoms with E-state index in [4.69, 9.17) is 4.74 Å². The molecule has 182 valence electrons. The molecule has 1 heterocycles. The lowest BCUT2D eigenvalue weighted by Crippen LogP contribution is -2.29. The number of benzene rings is 3. The summed E-state index contributed by atoms with van der Waals surface area (Å²) in [5, 5.41) is 20.5. The molecule has 1 amide bonds. The summed E-state index contributed by atoms with van der Waals surface area (Å²) in [6.45, 7) is 8.63. The SMILES string of the molecule is CCOc1cccc(/C(O)=C2/C(=O)C(=O)N(c3ccc(C#N)cc3)C2c2ccc(C(C)(C)C)cc2)c1. The van der Waals surface area contributed by atoms with Gasteiger partial charge in [0, 0.05) is 11.3 Å². The van der Waals surface area contributed by atoms with Gasteiger partial charge < -0.3 is 9.84 Å². The van der Waals surface area contributed by atoms with E-state index in [-0.39, 0.29) is 16.7 Å². The number of amides is 1. The highest BCUT2D eigenvalue weighted by Gasteiger charge is 2.47. The van der Waals surface area contributed by atoms with Crippen molar-refractivity contribution in [1.29, 1.82) is 5.26 Å². The van der Waals surface area contributed by atoms with E-state index in [9.17, 15) is 20.0 Å². The molecule has 36 heavy (non-hydrogen) atoms. The van der Waals surface area contributed by atoms with Gasteiger partial charge >= 0.3 is 0 Å². The summed E-state index contributed by atoms with van der Waals surface area (Å²) in [6, 6.07) is 22.2. The summed E-state index contributed by atoms with van der Waals surface area (Å²) in [5.41, 5.74) is 3.00. The minimum absolute atomic E-state index is 0.00140. The zero-order valence-electron chi connectivity index (χ0n) is 20.8. The van der Waals surface area contributed by atoms with E-state index in [2.05, 4.69) is 26.8 Å². The van der Waals surface area contributed by atoms with Crippen molar-refractivity contribution < 1.29 is 19.4 Å². The van der Waals surface area contributed by atoms with Crippen molar-refractivity contribution in [3.63, 3.8) is 0 Å². The highest BCUT2D eigenvalue weighted by atomic mass is 16.5. The van der Waals surface area contributed by atoms with Crippen LogP contribution in [0.15, 0.2) is 78.4 Å². The maximum absolute atomic E-state index is 13.4. The molecule has 1 saturated heterocycles. The number of nitriles is 1. The van der Waals surface area contributed by atoms with Gasteiger partial charge in [-0.25, -0.2) is 0 Å². The molecule has 0 aromatic heterocycles. The fourth-order valence-corrected chi connectivity index (χ4v) is 4.33. The number of rotatable bonds is 5. The second-order valence-electron chi connectivity index (χ2n) is 9.66. The number of aliphatic hydroxyl groups excluding tert-OH is 1. The molecule has 6 nitrogen and oxygen atoms in total. The molecule has 1 aliphatic rings. The first kappa shape index (κ1) is 24.7. The first-order valence-corrected chi connectivity index (χ1v) is 11.8. The first-order valence-electron chi connectivity index (χ1n) is 11.8. The molecule has 0 saturated carbocycles. The summed E-state index contributed by atoms with van der Waals surface area (Å²) in [4.78, 5) is 28.1. The van der Waals surface area contributed by atoms with Gasteiger partial charge in [-0.05, 0) is 59.9 Å². The van der Waals surface area contributed by atoms with Gasteiger partial charge in [-0.15, -0.1) is 0 Å². The Kier molecular flexibility index (Phi) is 6.67. The molecular weight excluding hydrogens is 452 g/mol. The molecule has 3 aromatic carbocycles. The summed E-state index contributed by atoms with van der Waals surface area (Å²) in [7, 11) is 0. The van der Waals surface area contributed by atoms with Crippen molar-refractivity contribution in [2.75, 3.05) is 11.5 Å². The van der Waals surface area contributed by atoms with Gasteiger partial charge in [0.05, 0.1) is 29.9 Å². The van der Waals surface area contributed by atoms with Gasteiger partial charge in [0.15, 0.2) is 0 Å². The number of hydrogen-bond donors (Lipinski definition) is 1. The zero-order chi connectivity index (χ0) is 26.0. The number of hydrogen-bond acceptors (Lipinski definition) is 5. The Balaban J connectivity index is 1.91. The predicted octanol–water partition coefficient (Wildman–Crippen LogP) is 5.88. The smallest absolute Gasteiger partial charge is 0.300 e. The Morgan fingerprint density at radius 1 is 1.03 bits per heavy atom. The average molecular weight is 481 g/mol. The van der Waals surface area contributed by atoms with Crippen LogP contribution in [0.2, 0.25) is 0 Å². The molecule has 0 aliphatic carbocycles. The van der Waals surface area contributed by atoms with E-state index in [1.54, 1.807) is 48.5 Å². The van der Waals surface area contributed by atoms with Gasteiger partial charge in [-0.3, -0.25) is 14.5 Å². The Morgan fingerprint density at radius 3 is 2.28 bits per heavy atom. The van der Waals surface area contributed by atoms with Gasteiger partial charge in [0.25, 0.3) is 11.7 Å². The summed E-state index contributed by atoms with van der Waals surface area (Å²) in [5.74, 6) is -1.24. The van der Waals surface area contributed by atoms with Gasteiger partial charge in [-0.1, -0.05) is 57.2 Å². The monoisotopic (exact) mass is 480 g/mol. The van der Waals surface area contributed by atoms with Crippen LogP contribution in [0.1, 0.15) is 56.0 Å². The third-order valence-corrected chi connectivity index (χ3v) is 6.23. The summed E-state index contributed by atoms with van der Waals surface area (Å²) in [6.07, 6.45) is 0. The lowest BCUT2D eigenvalue weighted by molar-refractivity contribution is -0.132. The Bertz CT molecular complexity index is 1370. The number of anilines is 1. The number of carbonyl (C=O) groups excluding carboxylic acids is 2. The molecule has 6 heteroatoms. The molecule has 3 aromatic rings. The predicted molar refractivity (Wildman–Crippen MR) is 139 cm³/mol. The topological polar surface area (TPSA) is 90.6 Å².